The van der Waals surface area contributed by atoms with Gasteiger partial charge in [-0.3, -0.25) is 4.79 Å². The van der Waals surface area contributed by atoms with Crippen molar-refractivity contribution in [3.63, 3.8) is 0 Å². The predicted molar refractivity (Wildman–Crippen MR) is 131 cm³/mol. The molecule has 0 spiro atoms. The third-order valence-corrected chi connectivity index (χ3v) is 5.79. The Balaban J connectivity index is 1.37. The number of aryl methyl sites for hydroxylation is 2. The van der Waals surface area contributed by atoms with E-state index < -0.39 is 0 Å². The molecule has 5 nitrogen and oxygen atoms in total. The molecule has 0 aliphatic rings. The van der Waals surface area contributed by atoms with E-state index in [1.165, 1.54) is 5.56 Å². The molecule has 0 fully saturated rings. The fraction of sp³-hybridized carbons (Fsp3) is 0.231. The number of amides is 1. The predicted octanol–water partition coefficient (Wildman–Crippen LogP) is 5.55. The largest absolute Gasteiger partial charge is 0.494 e. The molecule has 0 unspecified atom stereocenters. The summed E-state index contributed by atoms with van der Waals surface area (Å²) in [6.07, 6.45) is 1.53. The summed E-state index contributed by atoms with van der Waals surface area (Å²) in [5, 5.41) is 3.00. The summed E-state index contributed by atoms with van der Waals surface area (Å²) in [6.45, 7) is 4.03. The molecular formula is C26H26BrN3O2. The van der Waals surface area contributed by atoms with E-state index in [0.717, 1.165) is 40.0 Å². The lowest BCUT2D eigenvalue weighted by Crippen LogP contribution is -2.26. The van der Waals surface area contributed by atoms with Gasteiger partial charge in [-0.2, -0.15) is 0 Å². The normalized spacial score (nSPS) is 10.9. The summed E-state index contributed by atoms with van der Waals surface area (Å²) in [4.78, 5) is 17.2. The van der Waals surface area contributed by atoms with Crippen LogP contribution in [0.1, 0.15) is 28.2 Å². The van der Waals surface area contributed by atoms with Crippen molar-refractivity contribution in [1.82, 2.24) is 14.9 Å². The number of imidazole rings is 1. The van der Waals surface area contributed by atoms with Gasteiger partial charge in [0.05, 0.1) is 17.6 Å². The van der Waals surface area contributed by atoms with Gasteiger partial charge >= 0.3 is 0 Å². The highest BCUT2D eigenvalue weighted by Crippen LogP contribution is 2.18. The number of benzene rings is 3. The van der Waals surface area contributed by atoms with Crippen molar-refractivity contribution in [2.24, 2.45) is 0 Å². The summed E-state index contributed by atoms with van der Waals surface area (Å²) >= 11 is 3.39. The number of nitrogens with zero attached hydrogens (tertiary/aromatic N) is 2. The second kappa shape index (κ2) is 10.5. The fourth-order valence-electron chi connectivity index (χ4n) is 3.67. The van der Waals surface area contributed by atoms with Gasteiger partial charge in [-0.05, 0) is 67.4 Å². The number of aromatic nitrogens is 2. The van der Waals surface area contributed by atoms with Crippen LogP contribution in [0.15, 0.2) is 77.3 Å². The van der Waals surface area contributed by atoms with Crippen LogP contribution in [-0.4, -0.2) is 28.6 Å². The van der Waals surface area contributed by atoms with Gasteiger partial charge in [0, 0.05) is 29.5 Å². The van der Waals surface area contributed by atoms with E-state index >= 15 is 0 Å². The van der Waals surface area contributed by atoms with E-state index in [4.69, 9.17) is 9.72 Å². The quantitative estimate of drug-likeness (QED) is 0.312. The standard InChI is InChI=1S/C26H26BrN3O2/c1-19-6-4-7-22(18-19)32-17-5-16-30-24-9-3-2-8-23(24)29-25(30)14-15-28-26(31)20-10-12-21(27)13-11-20/h2-4,6-13,18H,5,14-17H2,1H3,(H,28,31). The van der Waals surface area contributed by atoms with Crippen molar-refractivity contribution >= 4 is 32.9 Å². The number of carbonyl (C=O) groups excluding carboxylic acids is 1. The van der Waals surface area contributed by atoms with Gasteiger partial charge < -0.3 is 14.6 Å². The summed E-state index contributed by atoms with van der Waals surface area (Å²) < 4.78 is 9.10. The molecule has 6 heteroatoms. The summed E-state index contributed by atoms with van der Waals surface area (Å²) in [5.41, 5.74) is 3.92. The first-order valence-corrected chi connectivity index (χ1v) is 11.6. The second-order valence-electron chi connectivity index (χ2n) is 7.70. The van der Waals surface area contributed by atoms with Crippen LogP contribution in [0.25, 0.3) is 11.0 Å². The Kier molecular flexibility index (Phi) is 7.22. The van der Waals surface area contributed by atoms with Crippen LogP contribution in [-0.2, 0) is 13.0 Å². The Bertz CT molecular complexity index is 1200. The molecule has 0 bridgehead atoms. The number of fused-ring (bicyclic) bond motifs is 1. The average Bonchev–Trinajstić information content (AvgIpc) is 3.14. The lowest BCUT2D eigenvalue weighted by Gasteiger charge is -2.11. The number of halogens is 1. The van der Waals surface area contributed by atoms with Crippen molar-refractivity contribution in [1.29, 1.82) is 0 Å². The van der Waals surface area contributed by atoms with Crippen molar-refractivity contribution in [2.75, 3.05) is 13.2 Å². The minimum Gasteiger partial charge on any atom is -0.494 e. The summed E-state index contributed by atoms with van der Waals surface area (Å²) in [5.74, 6) is 1.79. The van der Waals surface area contributed by atoms with Gasteiger partial charge in [0.25, 0.3) is 5.91 Å². The number of hydrogen-bond acceptors (Lipinski definition) is 3. The summed E-state index contributed by atoms with van der Waals surface area (Å²) in [6, 6.07) is 23.6. The van der Waals surface area contributed by atoms with Gasteiger partial charge in [-0.25, -0.2) is 4.98 Å². The Morgan fingerprint density at radius 1 is 1.06 bits per heavy atom. The molecule has 32 heavy (non-hydrogen) atoms. The van der Waals surface area contributed by atoms with E-state index in [0.29, 0.717) is 25.1 Å². The third kappa shape index (κ3) is 5.56. The highest BCUT2D eigenvalue weighted by molar-refractivity contribution is 9.10. The number of nitrogens with one attached hydrogen (secondary N) is 1. The van der Waals surface area contributed by atoms with E-state index in [1.807, 2.05) is 60.7 Å². The number of ether oxygens (including phenoxy) is 1. The van der Waals surface area contributed by atoms with E-state index in [9.17, 15) is 4.79 Å². The monoisotopic (exact) mass is 491 g/mol. The maximum Gasteiger partial charge on any atom is 0.251 e. The van der Waals surface area contributed by atoms with Crippen LogP contribution in [0.4, 0.5) is 0 Å². The SMILES string of the molecule is Cc1cccc(OCCCn2c(CCNC(=O)c3ccc(Br)cc3)nc3ccccc32)c1. The van der Waals surface area contributed by atoms with Gasteiger partial charge in [0.1, 0.15) is 11.6 Å². The fourth-order valence-corrected chi connectivity index (χ4v) is 3.94. The second-order valence-corrected chi connectivity index (χ2v) is 8.62. The average molecular weight is 492 g/mol. The van der Waals surface area contributed by atoms with Crippen LogP contribution in [0, 0.1) is 6.92 Å². The molecule has 0 radical (unpaired) electrons. The first kappa shape index (κ1) is 22.1. The van der Waals surface area contributed by atoms with Crippen LogP contribution >= 0.6 is 15.9 Å². The minimum atomic E-state index is -0.0771. The van der Waals surface area contributed by atoms with Crippen LogP contribution in [0.5, 0.6) is 5.75 Å². The number of rotatable bonds is 9. The molecule has 4 aromatic rings. The lowest BCUT2D eigenvalue weighted by molar-refractivity contribution is 0.0954. The van der Waals surface area contributed by atoms with Gasteiger partial charge in [-0.15, -0.1) is 0 Å². The van der Waals surface area contributed by atoms with Crippen LogP contribution < -0.4 is 10.1 Å². The zero-order chi connectivity index (χ0) is 22.3. The lowest BCUT2D eigenvalue weighted by atomic mass is 10.2. The molecule has 4 rings (SSSR count). The smallest absolute Gasteiger partial charge is 0.251 e. The molecule has 0 saturated carbocycles. The molecule has 1 aromatic heterocycles. The third-order valence-electron chi connectivity index (χ3n) is 5.26. The highest BCUT2D eigenvalue weighted by Gasteiger charge is 2.11. The Hall–Kier alpha value is -3.12. The van der Waals surface area contributed by atoms with Crippen molar-refractivity contribution in [3.8, 4) is 5.75 Å². The summed E-state index contributed by atoms with van der Waals surface area (Å²) in [7, 11) is 0. The molecular weight excluding hydrogens is 466 g/mol. The first-order valence-electron chi connectivity index (χ1n) is 10.8. The van der Waals surface area contributed by atoms with Crippen LogP contribution in [0.2, 0.25) is 0 Å². The number of hydrogen-bond donors (Lipinski definition) is 1. The minimum absolute atomic E-state index is 0.0771. The van der Waals surface area contributed by atoms with Gasteiger partial charge in [0.2, 0.25) is 0 Å². The Morgan fingerprint density at radius 2 is 1.88 bits per heavy atom. The van der Waals surface area contributed by atoms with Crippen molar-refractivity contribution < 1.29 is 9.53 Å². The van der Waals surface area contributed by atoms with Gasteiger partial charge in [-0.1, -0.05) is 40.2 Å². The molecule has 0 atom stereocenters. The maximum absolute atomic E-state index is 12.4. The molecule has 0 aliphatic heterocycles. The molecule has 1 amide bonds. The maximum atomic E-state index is 12.4. The highest BCUT2D eigenvalue weighted by atomic mass is 79.9. The molecule has 1 heterocycles. The zero-order valence-corrected chi connectivity index (χ0v) is 19.6. The van der Waals surface area contributed by atoms with E-state index in [-0.39, 0.29) is 5.91 Å². The zero-order valence-electron chi connectivity index (χ0n) is 18.1. The topological polar surface area (TPSA) is 56.1 Å². The molecule has 3 aromatic carbocycles. The van der Waals surface area contributed by atoms with Crippen molar-refractivity contribution in [3.05, 3.63) is 94.2 Å². The molecule has 1 N–H and O–H groups in total. The Labute approximate surface area is 196 Å². The van der Waals surface area contributed by atoms with Crippen molar-refractivity contribution in [2.45, 2.75) is 26.3 Å². The molecule has 0 saturated heterocycles. The molecule has 164 valence electrons. The van der Waals surface area contributed by atoms with Gasteiger partial charge in [0.15, 0.2) is 0 Å². The Morgan fingerprint density at radius 3 is 2.69 bits per heavy atom. The van der Waals surface area contributed by atoms with Crippen LogP contribution in [0.3, 0.4) is 0 Å². The van der Waals surface area contributed by atoms with E-state index in [2.05, 4.69) is 44.9 Å². The van der Waals surface area contributed by atoms with E-state index in [1.54, 1.807) is 0 Å². The molecule has 0 aliphatic carbocycles. The number of carbonyl (C=O) groups is 1. The first-order chi connectivity index (χ1) is 15.6. The number of para-hydroxylation sites is 2.